The van der Waals surface area contributed by atoms with E-state index < -0.39 is 5.97 Å². The summed E-state index contributed by atoms with van der Waals surface area (Å²) >= 11 is 0. The highest BCUT2D eigenvalue weighted by atomic mass is 16.4. The number of amides is 2. The van der Waals surface area contributed by atoms with Gasteiger partial charge in [0.25, 0.3) is 0 Å². The molecule has 0 aromatic carbocycles. The summed E-state index contributed by atoms with van der Waals surface area (Å²) in [6, 6.07) is 0.544. The SMILES string of the molecule is O=C(O)C1CN(C(=O)N2CCC(N3CCCC3)C2)C1. The van der Waals surface area contributed by atoms with E-state index in [0.29, 0.717) is 19.1 Å². The first-order chi connectivity index (χ1) is 9.15. The second kappa shape index (κ2) is 5.00. The third kappa shape index (κ3) is 2.41. The number of aliphatic carboxylic acids is 1. The Labute approximate surface area is 112 Å². The molecule has 1 unspecified atom stereocenters. The monoisotopic (exact) mass is 267 g/mol. The van der Waals surface area contributed by atoms with Crippen LogP contribution in [0.3, 0.4) is 0 Å². The fourth-order valence-corrected chi connectivity index (χ4v) is 3.31. The van der Waals surface area contributed by atoms with Crippen molar-refractivity contribution in [2.75, 3.05) is 39.3 Å². The Kier molecular flexibility index (Phi) is 3.35. The van der Waals surface area contributed by atoms with E-state index in [2.05, 4.69) is 4.90 Å². The lowest BCUT2D eigenvalue weighted by molar-refractivity contribution is -0.146. The molecular formula is C13H21N3O3. The van der Waals surface area contributed by atoms with Gasteiger partial charge in [0.05, 0.1) is 5.92 Å². The average Bonchev–Trinajstić information content (AvgIpc) is 2.97. The molecule has 1 atom stereocenters. The number of hydrogen-bond acceptors (Lipinski definition) is 3. The summed E-state index contributed by atoms with van der Waals surface area (Å²) in [4.78, 5) is 29.0. The molecule has 0 aromatic rings. The molecule has 3 aliphatic rings. The number of rotatable bonds is 2. The van der Waals surface area contributed by atoms with Crippen molar-refractivity contribution < 1.29 is 14.7 Å². The smallest absolute Gasteiger partial charge is 0.320 e. The Bertz CT molecular complexity index is 375. The second-order valence-electron chi connectivity index (χ2n) is 5.85. The topological polar surface area (TPSA) is 64.1 Å². The van der Waals surface area contributed by atoms with Gasteiger partial charge in [-0.05, 0) is 32.4 Å². The first-order valence-electron chi connectivity index (χ1n) is 7.16. The summed E-state index contributed by atoms with van der Waals surface area (Å²) < 4.78 is 0. The van der Waals surface area contributed by atoms with Crippen LogP contribution in [0, 0.1) is 5.92 Å². The van der Waals surface area contributed by atoms with Crippen LogP contribution >= 0.6 is 0 Å². The van der Waals surface area contributed by atoms with Crippen molar-refractivity contribution in [2.45, 2.75) is 25.3 Å². The van der Waals surface area contributed by atoms with Gasteiger partial charge < -0.3 is 14.9 Å². The van der Waals surface area contributed by atoms with Crippen LogP contribution in [0.25, 0.3) is 0 Å². The molecule has 3 saturated heterocycles. The third-order valence-electron chi connectivity index (χ3n) is 4.59. The summed E-state index contributed by atoms with van der Waals surface area (Å²) in [7, 11) is 0. The molecule has 19 heavy (non-hydrogen) atoms. The Morgan fingerprint density at radius 1 is 0.947 bits per heavy atom. The third-order valence-corrected chi connectivity index (χ3v) is 4.59. The normalized spacial score (nSPS) is 28.7. The van der Waals surface area contributed by atoms with Gasteiger partial charge in [0.1, 0.15) is 0 Å². The van der Waals surface area contributed by atoms with Crippen molar-refractivity contribution in [1.82, 2.24) is 14.7 Å². The summed E-state index contributed by atoms with van der Waals surface area (Å²) in [6.45, 7) is 4.70. The molecule has 0 aromatic heterocycles. The van der Waals surface area contributed by atoms with E-state index in [0.717, 1.165) is 32.6 Å². The van der Waals surface area contributed by atoms with Crippen molar-refractivity contribution in [3.8, 4) is 0 Å². The number of hydrogen-bond donors (Lipinski definition) is 1. The van der Waals surface area contributed by atoms with Gasteiger partial charge in [-0.2, -0.15) is 0 Å². The van der Waals surface area contributed by atoms with Crippen LogP contribution in [-0.4, -0.2) is 77.1 Å². The highest BCUT2D eigenvalue weighted by molar-refractivity contribution is 5.80. The lowest BCUT2D eigenvalue weighted by Crippen LogP contribution is -2.57. The molecule has 0 radical (unpaired) electrons. The standard InChI is InChI=1S/C13H21N3O3/c17-12(18)10-7-16(8-10)13(19)15-6-3-11(9-15)14-4-1-2-5-14/h10-11H,1-9H2,(H,17,18). The van der Waals surface area contributed by atoms with E-state index >= 15 is 0 Å². The lowest BCUT2D eigenvalue weighted by Gasteiger charge is -2.39. The van der Waals surface area contributed by atoms with E-state index in [1.807, 2.05) is 4.90 Å². The second-order valence-corrected chi connectivity index (χ2v) is 5.85. The van der Waals surface area contributed by atoms with Gasteiger partial charge in [0.2, 0.25) is 0 Å². The first kappa shape index (κ1) is 12.7. The Balaban J connectivity index is 1.48. The fraction of sp³-hybridized carbons (Fsp3) is 0.846. The van der Waals surface area contributed by atoms with Gasteiger partial charge in [0, 0.05) is 32.2 Å². The minimum Gasteiger partial charge on any atom is -0.481 e. The zero-order valence-electron chi connectivity index (χ0n) is 11.1. The van der Waals surface area contributed by atoms with E-state index in [1.54, 1.807) is 4.90 Å². The quantitative estimate of drug-likeness (QED) is 0.781. The van der Waals surface area contributed by atoms with Crippen molar-refractivity contribution in [2.24, 2.45) is 5.92 Å². The number of carboxylic acids is 1. The molecule has 6 heteroatoms. The van der Waals surface area contributed by atoms with Crippen LogP contribution in [0.15, 0.2) is 0 Å². The largest absolute Gasteiger partial charge is 0.481 e. The van der Waals surface area contributed by atoms with Gasteiger partial charge >= 0.3 is 12.0 Å². The zero-order valence-corrected chi connectivity index (χ0v) is 11.1. The number of carboxylic acid groups (broad SMARTS) is 1. The number of carbonyl (C=O) groups excluding carboxylic acids is 1. The van der Waals surface area contributed by atoms with Crippen LogP contribution in [0.4, 0.5) is 4.79 Å². The summed E-state index contributed by atoms with van der Waals surface area (Å²) in [6.07, 6.45) is 3.61. The Morgan fingerprint density at radius 2 is 1.63 bits per heavy atom. The number of urea groups is 1. The minimum atomic E-state index is -0.791. The first-order valence-corrected chi connectivity index (χ1v) is 7.16. The van der Waals surface area contributed by atoms with Gasteiger partial charge in [-0.1, -0.05) is 0 Å². The molecule has 0 saturated carbocycles. The zero-order chi connectivity index (χ0) is 13.4. The molecule has 3 fully saturated rings. The fourth-order valence-electron chi connectivity index (χ4n) is 3.31. The van der Waals surface area contributed by atoms with E-state index in [1.165, 1.54) is 12.8 Å². The molecule has 106 valence electrons. The maximum Gasteiger partial charge on any atom is 0.320 e. The van der Waals surface area contributed by atoms with E-state index in [9.17, 15) is 9.59 Å². The molecule has 6 nitrogen and oxygen atoms in total. The molecule has 0 bridgehead atoms. The predicted molar refractivity (Wildman–Crippen MR) is 68.9 cm³/mol. The van der Waals surface area contributed by atoms with Gasteiger partial charge in [-0.15, -0.1) is 0 Å². The minimum absolute atomic E-state index is 0.0270. The molecule has 2 amide bonds. The van der Waals surface area contributed by atoms with Crippen molar-refractivity contribution in [1.29, 1.82) is 0 Å². The van der Waals surface area contributed by atoms with Crippen LogP contribution in [-0.2, 0) is 4.79 Å². The van der Waals surface area contributed by atoms with Crippen LogP contribution in [0.1, 0.15) is 19.3 Å². The molecule has 3 heterocycles. The van der Waals surface area contributed by atoms with Crippen LogP contribution < -0.4 is 0 Å². The molecule has 3 aliphatic heterocycles. The highest BCUT2D eigenvalue weighted by Crippen LogP contribution is 2.24. The molecule has 1 N–H and O–H groups in total. The molecular weight excluding hydrogens is 246 g/mol. The number of carbonyl (C=O) groups is 2. The van der Waals surface area contributed by atoms with Crippen molar-refractivity contribution in [3.63, 3.8) is 0 Å². The predicted octanol–water partition coefficient (Wildman–Crippen LogP) is 0.293. The molecule has 0 spiro atoms. The molecule has 3 rings (SSSR count). The van der Waals surface area contributed by atoms with Gasteiger partial charge in [-0.3, -0.25) is 9.69 Å². The highest BCUT2D eigenvalue weighted by Gasteiger charge is 2.40. The van der Waals surface area contributed by atoms with E-state index in [-0.39, 0.29) is 11.9 Å². The lowest BCUT2D eigenvalue weighted by atomic mass is 10.0. The van der Waals surface area contributed by atoms with Crippen LogP contribution in [0.5, 0.6) is 0 Å². The summed E-state index contributed by atoms with van der Waals surface area (Å²) in [5.41, 5.74) is 0. The average molecular weight is 267 g/mol. The Morgan fingerprint density at radius 3 is 2.26 bits per heavy atom. The number of nitrogens with zero attached hydrogens (tertiary/aromatic N) is 3. The molecule has 0 aliphatic carbocycles. The van der Waals surface area contributed by atoms with Crippen LogP contribution in [0.2, 0.25) is 0 Å². The van der Waals surface area contributed by atoms with Gasteiger partial charge in [-0.25, -0.2) is 4.79 Å². The summed E-state index contributed by atoms with van der Waals surface area (Å²) in [5.74, 6) is -1.15. The van der Waals surface area contributed by atoms with E-state index in [4.69, 9.17) is 5.11 Å². The van der Waals surface area contributed by atoms with Crippen molar-refractivity contribution >= 4 is 12.0 Å². The summed E-state index contributed by atoms with van der Waals surface area (Å²) in [5, 5.41) is 8.83. The Hall–Kier alpha value is -1.30. The number of likely N-dealkylation sites (tertiary alicyclic amines) is 3. The maximum absolute atomic E-state index is 12.2. The van der Waals surface area contributed by atoms with Gasteiger partial charge in [0.15, 0.2) is 0 Å². The maximum atomic E-state index is 12.2. The van der Waals surface area contributed by atoms with Crippen molar-refractivity contribution in [3.05, 3.63) is 0 Å².